The molecule has 2 heterocycles. The van der Waals surface area contributed by atoms with E-state index in [0.29, 0.717) is 18.9 Å². The van der Waals surface area contributed by atoms with Crippen LogP contribution in [0.4, 0.5) is 5.82 Å². The quantitative estimate of drug-likeness (QED) is 0.726. The lowest BCUT2D eigenvalue weighted by atomic mass is 9.90. The Balaban J connectivity index is 1.57. The van der Waals surface area contributed by atoms with Crippen molar-refractivity contribution in [2.45, 2.75) is 84.3 Å². The van der Waals surface area contributed by atoms with E-state index < -0.39 is 0 Å². The Morgan fingerprint density at radius 3 is 2.68 bits per heavy atom. The maximum atomic E-state index is 12.4. The zero-order valence-corrected chi connectivity index (χ0v) is 17.7. The normalized spacial score (nSPS) is 20.2. The number of hydrogen-bond donors (Lipinski definition) is 1. The van der Waals surface area contributed by atoms with Gasteiger partial charge in [0.1, 0.15) is 18.2 Å². The van der Waals surface area contributed by atoms with Crippen LogP contribution in [0.15, 0.2) is 6.33 Å². The summed E-state index contributed by atoms with van der Waals surface area (Å²) in [5.41, 5.74) is 2.63. The van der Waals surface area contributed by atoms with Crippen molar-refractivity contribution < 1.29 is 9.53 Å². The number of rotatable bonds is 7. The largest absolute Gasteiger partial charge is 0.369 e. The number of aryl methyl sites for hydroxylation is 1. The van der Waals surface area contributed by atoms with Crippen LogP contribution in [-0.4, -0.2) is 47.7 Å². The minimum atomic E-state index is -0.330. The summed E-state index contributed by atoms with van der Waals surface area (Å²) in [6, 6.07) is 0.173. The molecule has 0 spiro atoms. The van der Waals surface area contributed by atoms with E-state index in [1.807, 2.05) is 13.8 Å². The Morgan fingerprint density at radius 2 is 1.96 bits per heavy atom. The van der Waals surface area contributed by atoms with Crippen LogP contribution in [-0.2, 0) is 22.4 Å². The number of hydrogen-bond acceptors (Lipinski definition) is 5. The molecular formula is C22H36N4O2. The summed E-state index contributed by atoms with van der Waals surface area (Å²) in [4.78, 5) is 24.1. The van der Waals surface area contributed by atoms with E-state index in [2.05, 4.69) is 27.1 Å². The second-order valence-electron chi connectivity index (χ2n) is 8.16. The highest BCUT2D eigenvalue weighted by atomic mass is 16.5. The molecule has 1 aromatic rings. The molecule has 1 aromatic heterocycles. The molecule has 0 saturated carbocycles. The highest BCUT2D eigenvalue weighted by Gasteiger charge is 2.29. The van der Waals surface area contributed by atoms with Crippen LogP contribution >= 0.6 is 0 Å². The number of ether oxygens (including phenoxy) is 1. The van der Waals surface area contributed by atoms with Crippen molar-refractivity contribution in [1.29, 1.82) is 0 Å². The van der Waals surface area contributed by atoms with Gasteiger partial charge in [-0.2, -0.15) is 0 Å². The van der Waals surface area contributed by atoms with Crippen molar-refractivity contribution in [2.24, 2.45) is 5.92 Å². The molecule has 1 aliphatic heterocycles. The van der Waals surface area contributed by atoms with Gasteiger partial charge in [0.15, 0.2) is 0 Å². The molecule has 1 aliphatic carbocycles. The summed E-state index contributed by atoms with van der Waals surface area (Å²) < 4.78 is 5.54. The SMILES string of the molecule is CCOC(CC)C(=O)N[C@H](C)C1CCN(c2ncnc3c2CCCCC3)CC1. The van der Waals surface area contributed by atoms with Crippen molar-refractivity contribution in [3.63, 3.8) is 0 Å². The van der Waals surface area contributed by atoms with E-state index >= 15 is 0 Å². The Morgan fingerprint density at radius 1 is 1.21 bits per heavy atom. The number of nitrogens with one attached hydrogen (secondary N) is 1. The first-order valence-electron chi connectivity index (χ1n) is 11.1. The Bertz CT molecular complexity index is 643. The molecule has 0 bridgehead atoms. The fourth-order valence-electron chi connectivity index (χ4n) is 4.58. The number of carbonyl (C=O) groups is 1. The molecule has 0 radical (unpaired) electrons. The smallest absolute Gasteiger partial charge is 0.249 e. The third-order valence-corrected chi connectivity index (χ3v) is 6.30. The summed E-state index contributed by atoms with van der Waals surface area (Å²) in [6.45, 7) is 8.63. The first-order valence-corrected chi connectivity index (χ1v) is 11.1. The van der Waals surface area contributed by atoms with Crippen LogP contribution < -0.4 is 10.2 Å². The maximum Gasteiger partial charge on any atom is 0.249 e. The van der Waals surface area contributed by atoms with Gasteiger partial charge < -0.3 is 15.0 Å². The predicted molar refractivity (Wildman–Crippen MR) is 112 cm³/mol. The summed E-state index contributed by atoms with van der Waals surface area (Å²) >= 11 is 0. The van der Waals surface area contributed by atoms with Crippen LogP contribution in [0.3, 0.4) is 0 Å². The molecule has 1 saturated heterocycles. The molecule has 156 valence electrons. The molecule has 1 unspecified atom stereocenters. The number of nitrogens with zero attached hydrogens (tertiary/aromatic N) is 3. The molecular weight excluding hydrogens is 352 g/mol. The minimum Gasteiger partial charge on any atom is -0.369 e. The van der Waals surface area contributed by atoms with Crippen LogP contribution in [0.25, 0.3) is 0 Å². The van der Waals surface area contributed by atoms with Crippen molar-refractivity contribution in [3.05, 3.63) is 17.6 Å². The molecule has 6 heteroatoms. The van der Waals surface area contributed by atoms with Crippen molar-refractivity contribution in [1.82, 2.24) is 15.3 Å². The van der Waals surface area contributed by atoms with Gasteiger partial charge in [-0.15, -0.1) is 0 Å². The van der Waals surface area contributed by atoms with E-state index in [1.165, 1.54) is 30.5 Å². The summed E-state index contributed by atoms with van der Waals surface area (Å²) in [5, 5.41) is 3.19. The second kappa shape index (κ2) is 10.2. The lowest BCUT2D eigenvalue weighted by molar-refractivity contribution is -0.133. The first-order chi connectivity index (χ1) is 13.6. The molecule has 2 aliphatic rings. The minimum absolute atomic E-state index is 0.0281. The van der Waals surface area contributed by atoms with E-state index in [-0.39, 0.29) is 18.1 Å². The molecule has 2 atom stereocenters. The molecule has 1 amide bonds. The van der Waals surface area contributed by atoms with Crippen molar-refractivity contribution in [3.8, 4) is 0 Å². The molecule has 6 nitrogen and oxygen atoms in total. The van der Waals surface area contributed by atoms with Crippen LogP contribution in [0.2, 0.25) is 0 Å². The molecule has 28 heavy (non-hydrogen) atoms. The Labute approximate surface area is 169 Å². The van der Waals surface area contributed by atoms with E-state index in [4.69, 9.17) is 4.74 Å². The van der Waals surface area contributed by atoms with Gasteiger partial charge in [-0.1, -0.05) is 13.3 Å². The van der Waals surface area contributed by atoms with Crippen LogP contribution in [0.5, 0.6) is 0 Å². The summed E-state index contributed by atoms with van der Waals surface area (Å²) in [6.07, 6.45) is 10.2. The first kappa shape index (κ1) is 21.0. The second-order valence-corrected chi connectivity index (χ2v) is 8.16. The number of piperidine rings is 1. The van der Waals surface area contributed by atoms with Gasteiger partial charge in [0.2, 0.25) is 5.91 Å². The Hall–Kier alpha value is -1.69. The number of carbonyl (C=O) groups excluding carboxylic acids is 1. The highest BCUT2D eigenvalue weighted by molar-refractivity contribution is 5.81. The zero-order valence-electron chi connectivity index (χ0n) is 17.7. The number of aromatic nitrogens is 2. The standard InChI is InChI=1S/C22H36N4O2/c1-4-20(28-5-2)22(27)25-16(3)17-11-13-26(14-12-17)21-18-9-7-6-8-10-19(18)23-15-24-21/h15-17,20H,4-14H2,1-3H3,(H,25,27)/t16-,20?/m1/s1. The molecule has 0 aromatic carbocycles. The number of anilines is 1. The van der Waals surface area contributed by atoms with E-state index in [1.54, 1.807) is 6.33 Å². The molecule has 1 fully saturated rings. The van der Waals surface area contributed by atoms with Gasteiger partial charge in [-0.3, -0.25) is 4.79 Å². The molecule has 1 N–H and O–H groups in total. The fourth-order valence-corrected chi connectivity index (χ4v) is 4.58. The fraction of sp³-hybridized carbons (Fsp3) is 0.773. The third kappa shape index (κ3) is 5.02. The van der Waals surface area contributed by atoms with Gasteiger partial charge in [-0.05, 0) is 64.7 Å². The summed E-state index contributed by atoms with van der Waals surface area (Å²) in [7, 11) is 0. The highest BCUT2D eigenvalue weighted by Crippen LogP contribution is 2.30. The van der Waals surface area contributed by atoms with Crippen molar-refractivity contribution in [2.75, 3.05) is 24.6 Å². The monoisotopic (exact) mass is 388 g/mol. The van der Waals surface area contributed by atoms with Crippen molar-refractivity contribution >= 4 is 11.7 Å². The topological polar surface area (TPSA) is 67.3 Å². The predicted octanol–water partition coefficient (Wildman–Crippen LogP) is 3.28. The molecule has 3 rings (SSSR count). The van der Waals surface area contributed by atoms with Crippen LogP contribution in [0.1, 0.15) is 70.6 Å². The van der Waals surface area contributed by atoms with E-state index in [0.717, 1.165) is 44.6 Å². The summed E-state index contributed by atoms with van der Waals surface area (Å²) in [5.74, 6) is 1.68. The lowest BCUT2D eigenvalue weighted by Gasteiger charge is -2.37. The number of fused-ring (bicyclic) bond motifs is 1. The van der Waals surface area contributed by atoms with Gasteiger partial charge >= 0.3 is 0 Å². The lowest BCUT2D eigenvalue weighted by Crippen LogP contribution is -2.47. The average Bonchev–Trinajstić information content (AvgIpc) is 2.97. The average molecular weight is 389 g/mol. The van der Waals surface area contributed by atoms with Gasteiger partial charge in [0.05, 0.1) is 0 Å². The maximum absolute atomic E-state index is 12.4. The number of amides is 1. The Kier molecular flexibility index (Phi) is 7.65. The van der Waals surface area contributed by atoms with Crippen LogP contribution in [0, 0.1) is 5.92 Å². The zero-order chi connectivity index (χ0) is 19.9. The van der Waals surface area contributed by atoms with Gasteiger partial charge in [-0.25, -0.2) is 9.97 Å². The van der Waals surface area contributed by atoms with E-state index in [9.17, 15) is 4.79 Å². The van der Waals surface area contributed by atoms with Gasteiger partial charge in [0.25, 0.3) is 0 Å². The third-order valence-electron chi connectivity index (χ3n) is 6.30. The van der Waals surface area contributed by atoms with Gasteiger partial charge in [0, 0.05) is 37.0 Å².